The third-order valence-corrected chi connectivity index (χ3v) is 7.00. The maximum Gasteiger partial charge on any atom is 0.335 e. The van der Waals surface area contributed by atoms with Crippen LogP contribution in [0, 0.1) is 5.82 Å². The molecule has 0 amide bonds. The molecule has 41 heavy (non-hydrogen) atoms. The third-order valence-electron chi connectivity index (χ3n) is 6.76. The number of carboxylic acids is 1. The number of aromatic carboxylic acids is 1. The lowest BCUT2D eigenvalue weighted by molar-refractivity contribution is -0.659. The summed E-state index contributed by atoms with van der Waals surface area (Å²) < 4.78 is 17.1. The number of hydrogen-bond donors (Lipinski definition) is 2. The van der Waals surface area contributed by atoms with Gasteiger partial charge in [0.25, 0.3) is 6.33 Å². The number of carboxylic acid groups (broad SMARTS) is 1. The minimum Gasteiger partial charge on any atom is -0.478 e. The van der Waals surface area contributed by atoms with Crippen molar-refractivity contribution in [3.05, 3.63) is 131 Å². The maximum atomic E-state index is 13.6. The number of aromatic amines is 1. The number of tetrazole rings is 1. The molecule has 0 fully saturated rings. The summed E-state index contributed by atoms with van der Waals surface area (Å²) in [5, 5.41) is 24.9. The van der Waals surface area contributed by atoms with Crippen molar-refractivity contribution in [1.82, 2.24) is 30.3 Å². The van der Waals surface area contributed by atoms with Gasteiger partial charge >= 0.3 is 5.97 Å². The average molecular weight is 567 g/mol. The van der Waals surface area contributed by atoms with E-state index in [1.807, 2.05) is 35.1 Å². The normalized spacial score (nSPS) is 11.9. The van der Waals surface area contributed by atoms with E-state index in [0.717, 1.165) is 39.2 Å². The molecule has 6 aromatic rings. The smallest absolute Gasteiger partial charge is 0.335 e. The number of hydrogen-bond acceptors (Lipinski definition) is 5. The lowest BCUT2D eigenvalue weighted by atomic mass is 10.0. The van der Waals surface area contributed by atoms with Gasteiger partial charge in [-0.05, 0) is 59.7 Å². The highest BCUT2D eigenvalue weighted by atomic mass is 35.5. The van der Waals surface area contributed by atoms with Crippen molar-refractivity contribution in [2.45, 2.75) is 12.5 Å². The van der Waals surface area contributed by atoms with E-state index in [0.29, 0.717) is 11.4 Å². The lowest BCUT2D eigenvalue weighted by Gasteiger charge is -2.18. The second-order valence-corrected chi connectivity index (χ2v) is 9.81. The van der Waals surface area contributed by atoms with Gasteiger partial charge in [-0.3, -0.25) is 9.67 Å². The first-order valence-electron chi connectivity index (χ1n) is 12.6. The summed E-state index contributed by atoms with van der Waals surface area (Å²) in [7, 11) is 0. The van der Waals surface area contributed by atoms with E-state index in [4.69, 9.17) is 16.6 Å². The molecule has 1 unspecified atom stereocenters. The van der Waals surface area contributed by atoms with Gasteiger partial charge < -0.3 is 5.11 Å². The number of carbonyl (C=O) groups is 1. The van der Waals surface area contributed by atoms with Crippen molar-refractivity contribution in [3.8, 4) is 27.9 Å². The lowest BCUT2D eigenvalue weighted by Crippen LogP contribution is -2.32. The molecule has 3 aromatic carbocycles. The molecule has 0 saturated carbocycles. The molecular weight excluding hydrogens is 545 g/mol. The van der Waals surface area contributed by atoms with E-state index in [1.54, 1.807) is 65.9 Å². The summed E-state index contributed by atoms with van der Waals surface area (Å²) in [6.07, 6.45) is 7.50. The highest BCUT2D eigenvalue weighted by molar-refractivity contribution is 6.31. The average Bonchev–Trinajstić information content (AvgIpc) is 3.70. The highest BCUT2D eigenvalue weighted by Gasteiger charge is 2.20. The Morgan fingerprint density at radius 1 is 0.976 bits per heavy atom. The molecule has 9 nitrogen and oxygen atoms in total. The first-order chi connectivity index (χ1) is 19.9. The van der Waals surface area contributed by atoms with Gasteiger partial charge in [0.2, 0.25) is 0 Å². The Kier molecular flexibility index (Phi) is 7.05. The number of aromatic nitrogens is 7. The molecule has 0 bridgehead atoms. The Balaban J connectivity index is 1.36. The van der Waals surface area contributed by atoms with Crippen LogP contribution >= 0.6 is 11.6 Å². The Labute approximate surface area is 238 Å². The van der Waals surface area contributed by atoms with E-state index < -0.39 is 5.97 Å². The summed E-state index contributed by atoms with van der Waals surface area (Å²) in [6.45, 7) is 0. The standard InChI is InChI=1S/C30H21ClFN7O2/c31-24-8-12-28(39-18-34-36-37-39)26(14-24)22-7-11-27(33-15-22)29(13-19-1-9-25(32)10-2-19)38-17-23(16-35-38)20-3-5-21(6-4-20)30(40)41/h1-12,14-18,29H,13H2,(H,40,41)/p+1. The van der Waals surface area contributed by atoms with Gasteiger partial charge in [0.1, 0.15) is 16.6 Å². The van der Waals surface area contributed by atoms with Crippen LogP contribution in [0.1, 0.15) is 27.7 Å². The van der Waals surface area contributed by atoms with Crippen molar-refractivity contribution in [2.24, 2.45) is 0 Å². The van der Waals surface area contributed by atoms with E-state index in [9.17, 15) is 14.3 Å². The Morgan fingerprint density at radius 3 is 2.44 bits per heavy atom. The molecule has 0 radical (unpaired) electrons. The van der Waals surface area contributed by atoms with Crippen LogP contribution in [0.3, 0.4) is 0 Å². The minimum atomic E-state index is -0.981. The van der Waals surface area contributed by atoms with Crippen LogP contribution in [-0.2, 0) is 6.42 Å². The molecule has 1 atom stereocenters. The van der Waals surface area contributed by atoms with Crippen LogP contribution in [0.25, 0.3) is 27.9 Å². The molecule has 3 heterocycles. The fourth-order valence-corrected chi connectivity index (χ4v) is 4.82. The van der Waals surface area contributed by atoms with Crippen molar-refractivity contribution in [2.75, 3.05) is 0 Å². The third kappa shape index (κ3) is 5.59. The second kappa shape index (κ2) is 11.1. The monoisotopic (exact) mass is 566 g/mol. The molecule has 0 aliphatic heterocycles. The largest absolute Gasteiger partial charge is 0.478 e. The highest BCUT2D eigenvalue weighted by Crippen LogP contribution is 2.30. The minimum absolute atomic E-state index is 0.213. The quantitative estimate of drug-likeness (QED) is 0.241. The molecule has 0 aliphatic rings. The predicted octanol–water partition coefficient (Wildman–Crippen LogP) is 5.33. The van der Waals surface area contributed by atoms with Crippen molar-refractivity contribution in [3.63, 3.8) is 0 Å². The first kappa shape index (κ1) is 26.0. The zero-order valence-corrected chi connectivity index (χ0v) is 22.2. The van der Waals surface area contributed by atoms with E-state index >= 15 is 0 Å². The number of H-pyrrole nitrogens is 1. The summed E-state index contributed by atoms with van der Waals surface area (Å²) >= 11 is 6.33. The van der Waals surface area contributed by atoms with Gasteiger partial charge in [-0.15, -0.1) is 4.68 Å². The van der Waals surface area contributed by atoms with Crippen LogP contribution in [0.2, 0.25) is 5.02 Å². The van der Waals surface area contributed by atoms with E-state index in [2.05, 4.69) is 20.6 Å². The van der Waals surface area contributed by atoms with Crippen LogP contribution in [0.5, 0.6) is 0 Å². The molecule has 2 N–H and O–H groups in total. The summed E-state index contributed by atoms with van der Waals surface area (Å²) in [4.78, 5) is 16.1. The SMILES string of the molecule is O=C(O)c1ccc(-c2cnn(C(Cc3ccc(F)cc3)c3ccc(-c4cc(Cl)ccc4-[n+]4cnn[nH]4)cn3)c2)cc1. The molecular formula is C30H22ClFN7O2+. The molecule has 0 spiro atoms. The number of halogens is 2. The van der Waals surface area contributed by atoms with Gasteiger partial charge in [-0.2, -0.15) is 5.10 Å². The molecule has 202 valence electrons. The predicted molar refractivity (Wildman–Crippen MR) is 149 cm³/mol. The van der Waals surface area contributed by atoms with Crippen molar-refractivity contribution in [1.29, 1.82) is 0 Å². The van der Waals surface area contributed by atoms with E-state index in [-0.39, 0.29) is 17.4 Å². The van der Waals surface area contributed by atoms with E-state index in [1.165, 1.54) is 12.1 Å². The number of nitrogens with zero attached hydrogens (tertiary/aromatic N) is 6. The fraction of sp³-hybridized carbons (Fsp3) is 0.0667. The molecule has 11 heteroatoms. The molecule has 0 saturated heterocycles. The van der Waals surface area contributed by atoms with Crippen LogP contribution in [-0.4, -0.2) is 41.4 Å². The second-order valence-electron chi connectivity index (χ2n) is 9.37. The Bertz CT molecular complexity index is 1800. The summed E-state index contributed by atoms with van der Waals surface area (Å²) in [5.74, 6) is -1.28. The topological polar surface area (TPSA) is 113 Å². The van der Waals surface area contributed by atoms with Crippen molar-refractivity contribution >= 4 is 17.6 Å². The zero-order chi connectivity index (χ0) is 28.3. The zero-order valence-electron chi connectivity index (χ0n) is 21.4. The Hall–Kier alpha value is -5.22. The first-order valence-corrected chi connectivity index (χ1v) is 13.0. The van der Waals surface area contributed by atoms with Gasteiger partial charge in [-0.1, -0.05) is 47.1 Å². The molecule has 3 aromatic heterocycles. The van der Waals surface area contributed by atoms with Gasteiger partial charge in [0.15, 0.2) is 5.21 Å². The van der Waals surface area contributed by atoms with Crippen LogP contribution in [0.15, 0.2) is 104 Å². The fourth-order valence-electron chi connectivity index (χ4n) is 4.64. The summed E-state index contributed by atoms with van der Waals surface area (Å²) in [6, 6.07) is 22.1. The summed E-state index contributed by atoms with van der Waals surface area (Å²) in [5.41, 5.74) is 6.05. The molecule has 0 aliphatic carbocycles. The van der Waals surface area contributed by atoms with Crippen LogP contribution < -0.4 is 4.68 Å². The maximum absolute atomic E-state index is 13.6. The Morgan fingerprint density at radius 2 is 1.76 bits per heavy atom. The number of nitrogens with one attached hydrogen (secondary N) is 1. The number of benzene rings is 3. The van der Waals surface area contributed by atoms with Gasteiger partial charge in [-0.25, -0.2) is 9.18 Å². The molecule has 6 rings (SSSR count). The van der Waals surface area contributed by atoms with Crippen molar-refractivity contribution < 1.29 is 19.0 Å². The van der Waals surface area contributed by atoms with Crippen LogP contribution in [0.4, 0.5) is 4.39 Å². The number of pyridine rings is 1. The van der Waals surface area contributed by atoms with Gasteiger partial charge in [0, 0.05) is 40.5 Å². The number of rotatable bonds is 8. The van der Waals surface area contributed by atoms with Gasteiger partial charge in [0.05, 0.1) is 23.5 Å².